The van der Waals surface area contributed by atoms with Gasteiger partial charge in [-0.05, 0) is 60.4 Å². The third kappa shape index (κ3) is 2.20. The normalized spacial score (nSPS) is 12.9. The van der Waals surface area contributed by atoms with E-state index in [4.69, 9.17) is 0 Å². The first-order valence-electron chi connectivity index (χ1n) is 6.84. The highest BCUT2D eigenvalue weighted by Gasteiger charge is 2.20. The van der Waals surface area contributed by atoms with E-state index in [0.717, 1.165) is 28.7 Å². The Bertz CT molecular complexity index is 821. The number of fused-ring (bicyclic) bond motifs is 3. The monoisotopic (exact) mass is 342 g/mol. The van der Waals surface area contributed by atoms with Crippen LogP contribution in [0.2, 0.25) is 0 Å². The van der Waals surface area contributed by atoms with E-state index in [9.17, 15) is 4.39 Å². The van der Waals surface area contributed by atoms with Crippen molar-refractivity contribution in [2.24, 2.45) is 0 Å². The number of benzene rings is 2. The molecule has 21 heavy (non-hydrogen) atoms. The van der Waals surface area contributed by atoms with Gasteiger partial charge >= 0.3 is 0 Å². The average molecular weight is 343 g/mol. The molecule has 4 heteroatoms. The predicted octanol–water partition coefficient (Wildman–Crippen LogP) is 4.54. The summed E-state index contributed by atoms with van der Waals surface area (Å²) in [5.41, 5.74) is 5.75. The number of aromatic nitrogens is 2. The summed E-state index contributed by atoms with van der Waals surface area (Å²) in [4.78, 5) is 0. The van der Waals surface area contributed by atoms with E-state index >= 15 is 0 Å². The van der Waals surface area contributed by atoms with Gasteiger partial charge < -0.3 is 0 Å². The molecule has 0 fully saturated rings. The van der Waals surface area contributed by atoms with Gasteiger partial charge in [-0.1, -0.05) is 22.0 Å². The zero-order valence-electron chi connectivity index (χ0n) is 11.2. The summed E-state index contributed by atoms with van der Waals surface area (Å²) >= 11 is 3.52. The van der Waals surface area contributed by atoms with Crippen molar-refractivity contribution in [3.8, 4) is 16.8 Å². The van der Waals surface area contributed by atoms with Crippen molar-refractivity contribution in [3.63, 3.8) is 0 Å². The highest BCUT2D eigenvalue weighted by Crippen LogP contribution is 2.34. The molecule has 0 bridgehead atoms. The third-order valence-electron chi connectivity index (χ3n) is 3.87. The van der Waals surface area contributed by atoms with Crippen molar-refractivity contribution in [1.29, 1.82) is 0 Å². The second kappa shape index (κ2) is 4.81. The summed E-state index contributed by atoms with van der Waals surface area (Å²) in [6, 6.07) is 12.8. The van der Waals surface area contributed by atoms with Crippen LogP contribution in [-0.4, -0.2) is 9.78 Å². The molecule has 2 aromatic carbocycles. The standard InChI is InChI=1S/C17H12BrFN2/c18-12-2-7-15-11(9-12)1-8-17-16(15)10-21(20-17)14-5-3-13(19)4-6-14/h2-7,9-10H,1,8H2. The maximum absolute atomic E-state index is 13.0. The minimum Gasteiger partial charge on any atom is -0.240 e. The molecule has 0 aliphatic heterocycles. The maximum atomic E-state index is 13.0. The molecule has 0 N–H and O–H groups in total. The third-order valence-corrected chi connectivity index (χ3v) is 4.36. The quantitative estimate of drug-likeness (QED) is 0.634. The van der Waals surface area contributed by atoms with E-state index in [2.05, 4.69) is 39.2 Å². The van der Waals surface area contributed by atoms with Crippen LogP contribution in [0.1, 0.15) is 11.3 Å². The van der Waals surface area contributed by atoms with Gasteiger partial charge in [0.2, 0.25) is 0 Å². The fourth-order valence-electron chi connectivity index (χ4n) is 2.83. The Balaban J connectivity index is 1.83. The fourth-order valence-corrected chi connectivity index (χ4v) is 3.24. The molecule has 4 rings (SSSR count). The maximum Gasteiger partial charge on any atom is 0.123 e. The van der Waals surface area contributed by atoms with Crippen LogP contribution in [0.15, 0.2) is 53.1 Å². The smallest absolute Gasteiger partial charge is 0.123 e. The van der Waals surface area contributed by atoms with Crippen LogP contribution in [-0.2, 0) is 12.8 Å². The van der Waals surface area contributed by atoms with Crippen molar-refractivity contribution < 1.29 is 4.39 Å². The van der Waals surface area contributed by atoms with Gasteiger partial charge in [0, 0.05) is 16.2 Å². The summed E-state index contributed by atoms with van der Waals surface area (Å²) in [5.74, 6) is -0.231. The lowest BCUT2D eigenvalue weighted by Gasteiger charge is -2.14. The Kier molecular flexibility index (Phi) is 2.93. The van der Waals surface area contributed by atoms with Gasteiger partial charge in [0.1, 0.15) is 5.82 Å². The van der Waals surface area contributed by atoms with E-state index in [-0.39, 0.29) is 5.82 Å². The summed E-state index contributed by atoms with van der Waals surface area (Å²) < 4.78 is 16.0. The Labute approximate surface area is 130 Å². The summed E-state index contributed by atoms with van der Waals surface area (Å²) in [5, 5.41) is 4.65. The van der Waals surface area contributed by atoms with Crippen LogP contribution in [0, 0.1) is 5.82 Å². The van der Waals surface area contributed by atoms with Crippen molar-refractivity contribution in [3.05, 3.63) is 70.2 Å². The van der Waals surface area contributed by atoms with Gasteiger partial charge in [0.15, 0.2) is 0 Å². The molecule has 1 aliphatic rings. The Morgan fingerprint density at radius 3 is 2.62 bits per heavy atom. The Morgan fingerprint density at radius 1 is 1.00 bits per heavy atom. The Hall–Kier alpha value is -1.94. The molecule has 1 heterocycles. The van der Waals surface area contributed by atoms with Gasteiger partial charge in [-0.2, -0.15) is 5.10 Å². The van der Waals surface area contributed by atoms with Crippen molar-refractivity contribution in [1.82, 2.24) is 9.78 Å². The van der Waals surface area contributed by atoms with E-state index in [1.54, 1.807) is 12.1 Å². The molecular weight excluding hydrogens is 331 g/mol. The van der Waals surface area contributed by atoms with Crippen LogP contribution in [0.3, 0.4) is 0 Å². The molecule has 2 nitrogen and oxygen atoms in total. The van der Waals surface area contributed by atoms with Gasteiger partial charge in [-0.25, -0.2) is 9.07 Å². The molecule has 0 unspecified atom stereocenters. The Morgan fingerprint density at radius 2 is 1.81 bits per heavy atom. The first-order valence-corrected chi connectivity index (χ1v) is 7.63. The lowest BCUT2D eigenvalue weighted by Crippen LogP contribution is -2.03. The molecule has 1 aromatic heterocycles. The molecule has 0 amide bonds. The van der Waals surface area contributed by atoms with Crippen molar-refractivity contribution in [2.45, 2.75) is 12.8 Å². The van der Waals surface area contributed by atoms with E-state index < -0.39 is 0 Å². The first kappa shape index (κ1) is 12.8. The van der Waals surface area contributed by atoms with Crippen molar-refractivity contribution in [2.75, 3.05) is 0 Å². The number of aryl methyl sites for hydroxylation is 2. The van der Waals surface area contributed by atoms with Crippen molar-refractivity contribution >= 4 is 15.9 Å². The summed E-state index contributed by atoms with van der Waals surface area (Å²) in [6.07, 6.45) is 3.98. The molecule has 104 valence electrons. The van der Waals surface area contributed by atoms with E-state index in [1.807, 2.05) is 10.9 Å². The molecule has 0 radical (unpaired) electrons. The zero-order chi connectivity index (χ0) is 14.4. The minimum atomic E-state index is -0.231. The van der Waals surface area contributed by atoms with E-state index in [1.165, 1.54) is 28.8 Å². The van der Waals surface area contributed by atoms with Crippen LogP contribution in [0.4, 0.5) is 4.39 Å². The van der Waals surface area contributed by atoms with Crippen LogP contribution in [0.5, 0.6) is 0 Å². The number of halogens is 2. The number of rotatable bonds is 1. The van der Waals surface area contributed by atoms with Gasteiger partial charge in [0.05, 0.1) is 11.4 Å². The molecule has 0 saturated heterocycles. The number of nitrogens with zero attached hydrogens (tertiary/aromatic N) is 2. The highest BCUT2D eigenvalue weighted by atomic mass is 79.9. The lowest BCUT2D eigenvalue weighted by atomic mass is 9.90. The largest absolute Gasteiger partial charge is 0.240 e. The van der Waals surface area contributed by atoms with Gasteiger partial charge in [-0.3, -0.25) is 0 Å². The van der Waals surface area contributed by atoms with Gasteiger partial charge in [-0.15, -0.1) is 0 Å². The van der Waals surface area contributed by atoms with Crippen LogP contribution < -0.4 is 0 Å². The fraction of sp³-hybridized carbons (Fsp3) is 0.118. The molecule has 0 spiro atoms. The molecular formula is C17H12BrFN2. The first-order chi connectivity index (χ1) is 10.2. The molecule has 3 aromatic rings. The summed E-state index contributed by atoms with van der Waals surface area (Å²) in [7, 11) is 0. The second-order valence-electron chi connectivity index (χ2n) is 5.21. The topological polar surface area (TPSA) is 17.8 Å². The zero-order valence-corrected chi connectivity index (χ0v) is 12.8. The number of hydrogen-bond donors (Lipinski definition) is 0. The minimum absolute atomic E-state index is 0.231. The lowest BCUT2D eigenvalue weighted by molar-refractivity contribution is 0.627. The SMILES string of the molecule is Fc1ccc(-n2cc3c(n2)CCc2cc(Br)ccc2-3)cc1. The highest BCUT2D eigenvalue weighted by molar-refractivity contribution is 9.10. The van der Waals surface area contributed by atoms with Gasteiger partial charge in [0.25, 0.3) is 0 Å². The van der Waals surface area contributed by atoms with Crippen LogP contribution >= 0.6 is 15.9 Å². The number of hydrogen-bond acceptors (Lipinski definition) is 1. The molecule has 1 aliphatic carbocycles. The van der Waals surface area contributed by atoms with E-state index in [0.29, 0.717) is 0 Å². The predicted molar refractivity (Wildman–Crippen MR) is 84.1 cm³/mol. The molecule has 0 atom stereocenters. The van der Waals surface area contributed by atoms with Crippen LogP contribution in [0.25, 0.3) is 16.8 Å². The molecule has 0 saturated carbocycles. The summed E-state index contributed by atoms with van der Waals surface area (Å²) in [6.45, 7) is 0. The second-order valence-corrected chi connectivity index (χ2v) is 6.13. The average Bonchev–Trinajstić information content (AvgIpc) is 2.92.